The van der Waals surface area contributed by atoms with Crippen LogP contribution in [-0.4, -0.2) is 16.1 Å². The van der Waals surface area contributed by atoms with Gasteiger partial charge in [0.05, 0.1) is 0 Å². The number of nitrogens with zero attached hydrogens (tertiary/aromatic N) is 1. The number of carbonyl (C=O) groups is 1. The smallest absolute Gasteiger partial charge is 0.372 e. The van der Waals surface area contributed by atoms with Gasteiger partial charge >= 0.3 is 5.97 Å². The Morgan fingerprint density at radius 1 is 1.24 bits per heavy atom. The number of pyridine rings is 1. The lowest BCUT2D eigenvalue weighted by Gasteiger charge is -2.11. The number of benzene rings is 1. The van der Waals surface area contributed by atoms with Crippen molar-refractivity contribution in [2.45, 2.75) is 13.8 Å². The Morgan fingerprint density at radius 3 is 2.48 bits per heavy atom. The maximum atomic E-state index is 11.5. The highest BCUT2D eigenvalue weighted by atomic mass is 35.5. The minimum atomic E-state index is -1.14. The molecule has 0 spiro atoms. The summed E-state index contributed by atoms with van der Waals surface area (Å²) in [6, 6.07) is 12.3. The van der Waals surface area contributed by atoms with Gasteiger partial charge in [0.25, 0.3) is 0 Å². The van der Waals surface area contributed by atoms with Gasteiger partial charge < -0.3 is 9.84 Å². The number of allylic oxidation sites excluding steroid dienone is 1. The predicted molar refractivity (Wildman–Crippen MR) is 81.3 cm³/mol. The molecule has 108 valence electrons. The summed E-state index contributed by atoms with van der Waals surface area (Å²) in [7, 11) is 0. The van der Waals surface area contributed by atoms with E-state index in [-0.39, 0.29) is 10.9 Å². The van der Waals surface area contributed by atoms with Crippen LogP contribution in [0.3, 0.4) is 0 Å². The first-order valence-corrected chi connectivity index (χ1v) is 6.67. The molecule has 2 rings (SSSR count). The fourth-order valence-electron chi connectivity index (χ4n) is 1.87. The third kappa shape index (κ3) is 3.83. The Bertz CT molecular complexity index is 676. The molecule has 5 heteroatoms. The van der Waals surface area contributed by atoms with Crippen molar-refractivity contribution < 1.29 is 14.6 Å². The van der Waals surface area contributed by atoms with Crippen molar-refractivity contribution in [1.29, 1.82) is 0 Å². The first-order chi connectivity index (χ1) is 9.97. The Morgan fingerprint density at radius 2 is 1.90 bits per heavy atom. The minimum absolute atomic E-state index is 0.136. The van der Waals surface area contributed by atoms with Crippen LogP contribution in [0.25, 0.3) is 5.57 Å². The number of halogens is 1. The summed E-state index contributed by atoms with van der Waals surface area (Å²) in [4.78, 5) is 15.5. The van der Waals surface area contributed by atoms with Gasteiger partial charge in [-0.15, -0.1) is 0 Å². The molecule has 1 N–H and O–H groups in total. The zero-order valence-corrected chi connectivity index (χ0v) is 12.4. The molecule has 0 fully saturated rings. The lowest BCUT2D eigenvalue weighted by atomic mass is 10.1. The second-order valence-electron chi connectivity index (χ2n) is 4.49. The number of aliphatic carboxylic acids is 1. The molecule has 0 unspecified atom stereocenters. The van der Waals surface area contributed by atoms with Gasteiger partial charge in [-0.3, -0.25) is 0 Å². The molecule has 0 saturated heterocycles. The Balaban J connectivity index is 2.42. The van der Waals surface area contributed by atoms with E-state index in [1.807, 2.05) is 30.3 Å². The highest BCUT2D eigenvalue weighted by Crippen LogP contribution is 2.24. The number of carboxylic acid groups (broad SMARTS) is 1. The fourth-order valence-corrected chi connectivity index (χ4v) is 2.12. The average Bonchev–Trinajstić information content (AvgIpc) is 2.43. The number of rotatable bonds is 4. The van der Waals surface area contributed by atoms with Crippen LogP contribution in [-0.2, 0) is 4.79 Å². The van der Waals surface area contributed by atoms with E-state index in [0.29, 0.717) is 17.0 Å². The van der Waals surface area contributed by atoms with Gasteiger partial charge in [-0.25, -0.2) is 9.78 Å². The second kappa shape index (κ2) is 6.41. The Labute approximate surface area is 127 Å². The summed E-state index contributed by atoms with van der Waals surface area (Å²) in [5.41, 5.74) is 1.97. The Kier molecular flexibility index (Phi) is 4.60. The zero-order chi connectivity index (χ0) is 15.4. The van der Waals surface area contributed by atoms with Crippen LogP contribution in [0.4, 0.5) is 0 Å². The van der Waals surface area contributed by atoms with Gasteiger partial charge in [-0.05, 0) is 19.4 Å². The monoisotopic (exact) mass is 303 g/mol. The van der Waals surface area contributed by atoms with Gasteiger partial charge in [0.2, 0.25) is 5.76 Å². The van der Waals surface area contributed by atoms with E-state index in [1.165, 1.54) is 6.07 Å². The van der Waals surface area contributed by atoms with Crippen molar-refractivity contribution in [2.24, 2.45) is 0 Å². The van der Waals surface area contributed by atoms with Crippen molar-refractivity contribution in [1.82, 2.24) is 4.98 Å². The summed E-state index contributed by atoms with van der Waals surface area (Å²) in [5, 5.41) is 9.63. The van der Waals surface area contributed by atoms with Crippen molar-refractivity contribution in [2.75, 3.05) is 0 Å². The second-order valence-corrected chi connectivity index (χ2v) is 4.88. The van der Waals surface area contributed by atoms with Gasteiger partial charge in [0, 0.05) is 23.4 Å². The van der Waals surface area contributed by atoms with Crippen molar-refractivity contribution in [3.63, 3.8) is 0 Å². The third-order valence-electron chi connectivity index (χ3n) is 2.86. The molecule has 0 radical (unpaired) electrons. The van der Waals surface area contributed by atoms with Gasteiger partial charge in [0.15, 0.2) is 0 Å². The predicted octanol–water partition coefficient (Wildman–Crippen LogP) is 3.94. The molecule has 0 aliphatic heterocycles. The number of ether oxygens (including phenoxy) is 1. The summed E-state index contributed by atoms with van der Waals surface area (Å²) < 4.78 is 5.51. The number of hydrogen-bond acceptors (Lipinski definition) is 3. The van der Waals surface area contributed by atoms with Crippen molar-refractivity contribution in [3.8, 4) is 5.75 Å². The Hall–Kier alpha value is -2.33. The topological polar surface area (TPSA) is 59.4 Å². The maximum Gasteiger partial charge on any atom is 0.372 e. The molecule has 0 bridgehead atoms. The first-order valence-electron chi connectivity index (χ1n) is 6.29. The minimum Gasteiger partial charge on any atom is -0.475 e. The summed E-state index contributed by atoms with van der Waals surface area (Å²) in [6.07, 6.45) is 0. The highest BCUT2D eigenvalue weighted by Gasteiger charge is 2.16. The maximum absolute atomic E-state index is 11.5. The van der Waals surface area contributed by atoms with Gasteiger partial charge in [-0.1, -0.05) is 41.9 Å². The van der Waals surface area contributed by atoms with Crippen LogP contribution < -0.4 is 4.74 Å². The third-order valence-corrected chi connectivity index (χ3v) is 3.05. The molecule has 0 amide bonds. The number of carboxylic acids is 1. The van der Waals surface area contributed by atoms with Crippen LogP contribution in [0, 0.1) is 6.92 Å². The molecule has 0 aliphatic rings. The molecule has 0 atom stereocenters. The molecule has 1 aromatic heterocycles. The molecule has 0 aliphatic carbocycles. The number of hydrogen-bond donors (Lipinski definition) is 1. The van der Waals surface area contributed by atoms with E-state index in [0.717, 1.165) is 5.56 Å². The molecule has 1 heterocycles. The van der Waals surface area contributed by atoms with E-state index in [1.54, 1.807) is 19.9 Å². The van der Waals surface area contributed by atoms with Crippen molar-refractivity contribution >= 4 is 23.1 Å². The van der Waals surface area contributed by atoms with E-state index in [4.69, 9.17) is 16.3 Å². The standard InChI is InChI=1S/C16H14ClNO3/c1-10-8-13(9-14(17)18-10)21-15(16(19)20)11(2)12-6-4-3-5-7-12/h3-9H,1-2H3,(H,19,20). The molecule has 4 nitrogen and oxygen atoms in total. The van der Waals surface area contributed by atoms with E-state index >= 15 is 0 Å². The molecule has 21 heavy (non-hydrogen) atoms. The molecular weight excluding hydrogens is 290 g/mol. The van der Waals surface area contributed by atoms with E-state index < -0.39 is 5.97 Å². The fraction of sp³-hybridized carbons (Fsp3) is 0.125. The summed E-state index contributed by atoms with van der Waals surface area (Å²) in [5.74, 6) is -0.926. The zero-order valence-electron chi connectivity index (χ0n) is 11.6. The molecule has 2 aromatic rings. The van der Waals surface area contributed by atoms with Crippen LogP contribution >= 0.6 is 11.6 Å². The summed E-state index contributed by atoms with van der Waals surface area (Å²) in [6.45, 7) is 3.46. The van der Waals surface area contributed by atoms with E-state index in [2.05, 4.69) is 4.98 Å². The van der Waals surface area contributed by atoms with Crippen molar-refractivity contribution in [3.05, 3.63) is 64.6 Å². The SMILES string of the molecule is CC(=C(Oc1cc(C)nc(Cl)c1)C(=O)O)c1ccccc1. The van der Waals surface area contributed by atoms with Gasteiger partial charge in [-0.2, -0.15) is 0 Å². The van der Waals surface area contributed by atoms with Crippen LogP contribution in [0.15, 0.2) is 48.2 Å². The molecule has 1 aromatic carbocycles. The quantitative estimate of drug-likeness (QED) is 0.528. The molecule has 0 saturated carbocycles. The normalized spacial score (nSPS) is 11.8. The average molecular weight is 304 g/mol. The summed E-state index contributed by atoms with van der Waals surface area (Å²) >= 11 is 5.86. The number of aromatic nitrogens is 1. The lowest BCUT2D eigenvalue weighted by molar-refractivity contribution is -0.134. The largest absolute Gasteiger partial charge is 0.475 e. The molecular formula is C16H14ClNO3. The van der Waals surface area contributed by atoms with Crippen LogP contribution in [0.2, 0.25) is 5.15 Å². The number of aryl methyl sites for hydroxylation is 1. The van der Waals surface area contributed by atoms with Crippen LogP contribution in [0.1, 0.15) is 18.2 Å². The first kappa shape index (κ1) is 15.1. The van der Waals surface area contributed by atoms with Gasteiger partial charge in [0.1, 0.15) is 10.9 Å². The van der Waals surface area contributed by atoms with E-state index in [9.17, 15) is 9.90 Å². The van der Waals surface area contributed by atoms with Crippen LogP contribution in [0.5, 0.6) is 5.75 Å². The highest BCUT2D eigenvalue weighted by molar-refractivity contribution is 6.29. The lowest BCUT2D eigenvalue weighted by Crippen LogP contribution is -2.10.